The smallest absolute Gasteiger partial charge is 0.182 e. The minimum atomic E-state index is -3.39. The van der Waals surface area contributed by atoms with Crippen molar-refractivity contribution in [3.05, 3.63) is 65.7 Å². The van der Waals surface area contributed by atoms with E-state index >= 15 is 0 Å². The molecule has 0 heterocycles. The van der Waals surface area contributed by atoms with E-state index in [4.69, 9.17) is 5.73 Å². The lowest BCUT2D eigenvalue weighted by molar-refractivity contribution is 0.578. The fourth-order valence-corrected chi connectivity index (χ4v) is 3.78. The molecule has 0 radical (unpaired) electrons. The van der Waals surface area contributed by atoms with E-state index in [1.807, 2.05) is 31.2 Å². The molecule has 0 bridgehead atoms. The van der Waals surface area contributed by atoms with Crippen LogP contribution in [0.3, 0.4) is 0 Å². The van der Waals surface area contributed by atoms with Crippen molar-refractivity contribution in [1.29, 1.82) is 0 Å². The number of benzene rings is 2. The van der Waals surface area contributed by atoms with Crippen LogP contribution in [0, 0.1) is 6.92 Å². The maximum absolute atomic E-state index is 12.6. The minimum Gasteiger partial charge on any atom is -0.329 e. The summed E-state index contributed by atoms with van der Waals surface area (Å²) in [6.07, 6.45) is 0.445. The zero-order chi connectivity index (χ0) is 14.6. The number of sulfone groups is 1. The van der Waals surface area contributed by atoms with E-state index in [0.29, 0.717) is 11.3 Å². The van der Waals surface area contributed by atoms with Gasteiger partial charge in [-0.25, -0.2) is 8.42 Å². The summed E-state index contributed by atoms with van der Waals surface area (Å²) < 4.78 is 25.2. The van der Waals surface area contributed by atoms with E-state index in [1.165, 1.54) is 0 Å². The second-order valence-electron chi connectivity index (χ2n) is 4.85. The Morgan fingerprint density at radius 2 is 1.60 bits per heavy atom. The second kappa shape index (κ2) is 6.20. The van der Waals surface area contributed by atoms with Gasteiger partial charge in [-0.2, -0.15) is 0 Å². The summed E-state index contributed by atoms with van der Waals surface area (Å²) in [7, 11) is -3.39. The van der Waals surface area contributed by atoms with Crippen molar-refractivity contribution in [2.45, 2.75) is 23.5 Å². The summed E-state index contributed by atoms with van der Waals surface area (Å²) in [5.74, 6) is 0. The quantitative estimate of drug-likeness (QED) is 0.919. The predicted molar refractivity (Wildman–Crippen MR) is 81.4 cm³/mol. The molecule has 0 aliphatic rings. The molecule has 0 aliphatic heterocycles. The third-order valence-electron chi connectivity index (χ3n) is 3.48. The molecule has 0 amide bonds. The maximum atomic E-state index is 12.6. The number of hydrogen-bond donors (Lipinski definition) is 1. The fourth-order valence-electron chi connectivity index (χ4n) is 2.21. The van der Waals surface area contributed by atoms with Crippen LogP contribution in [0.2, 0.25) is 0 Å². The number of aryl methyl sites for hydroxylation is 1. The molecular weight excluding hydrogens is 270 g/mol. The largest absolute Gasteiger partial charge is 0.329 e. The van der Waals surface area contributed by atoms with Gasteiger partial charge in [0.1, 0.15) is 0 Å². The van der Waals surface area contributed by atoms with E-state index in [1.54, 1.807) is 30.3 Å². The molecule has 0 saturated heterocycles. The average Bonchev–Trinajstić information content (AvgIpc) is 2.47. The highest BCUT2D eigenvalue weighted by Crippen LogP contribution is 2.20. The standard InChI is InChI=1S/C16H19NO2S/c1-13-7-5-6-8-14(13)11-16(12-17)20(18,19)15-9-3-2-4-10-15/h2-10,16H,11-12,17H2,1H3. The highest BCUT2D eigenvalue weighted by molar-refractivity contribution is 7.92. The van der Waals surface area contributed by atoms with Crippen LogP contribution in [0.25, 0.3) is 0 Å². The second-order valence-corrected chi connectivity index (χ2v) is 7.07. The van der Waals surface area contributed by atoms with Gasteiger partial charge in [0.25, 0.3) is 0 Å². The fraction of sp³-hybridized carbons (Fsp3) is 0.250. The van der Waals surface area contributed by atoms with Gasteiger partial charge in [-0.05, 0) is 36.6 Å². The summed E-state index contributed by atoms with van der Waals surface area (Å²) in [5, 5.41) is -0.592. The molecule has 1 atom stereocenters. The van der Waals surface area contributed by atoms with Crippen LogP contribution >= 0.6 is 0 Å². The van der Waals surface area contributed by atoms with Gasteiger partial charge in [0.05, 0.1) is 10.1 Å². The Morgan fingerprint density at radius 1 is 1.00 bits per heavy atom. The molecule has 2 N–H and O–H groups in total. The first kappa shape index (κ1) is 14.8. The summed E-state index contributed by atoms with van der Waals surface area (Å²) >= 11 is 0. The minimum absolute atomic E-state index is 0.117. The molecule has 0 saturated carbocycles. The summed E-state index contributed by atoms with van der Waals surface area (Å²) in [6, 6.07) is 16.3. The normalized spacial score (nSPS) is 13.1. The van der Waals surface area contributed by atoms with E-state index in [2.05, 4.69) is 0 Å². The molecule has 106 valence electrons. The lowest BCUT2D eigenvalue weighted by atomic mass is 10.0. The van der Waals surface area contributed by atoms with E-state index in [9.17, 15) is 8.42 Å². The Morgan fingerprint density at radius 3 is 2.20 bits per heavy atom. The number of hydrogen-bond acceptors (Lipinski definition) is 3. The van der Waals surface area contributed by atoms with Gasteiger partial charge in [-0.15, -0.1) is 0 Å². The maximum Gasteiger partial charge on any atom is 0.182 e. The van der Waals surface area contributed by atoms with Crippen LogP contribution in [0.5, 0.6) is 0 Å². The van der Waals surface area contributed by atoms with Crippen molar-refractivity contribution < 1.29 is 8.42 Å². The molecule has 20 heavy (non-hydrogen) atoms. The monoisotopic (exact) mass is 289 g/mol. The first-order chi connectivity index (χ1) is 9.55. The molecule has 2 aromatic carbocycles. The Labute approximate surface area is 120 Å². The third-order valence-corrected chi connectivity index (χ3v) is 5.65. The van der Waals surface area contributed by atoms with Crippen LogP contribution < -0.4 is 5.73 Å². The number of rotatable bonds is 5. The van der Waals surface area contributed by atoms with Crippen molar-refractivity contribution in [2.24, 2.45) is 5.73 Å². The van der Waals surface area contributed by atoms with Gasteiger partial charge in [0, 0.05) is 6.54 Å². The van der Waals surface area contributed by atoms with Crippen LogP contribution in [-0.2, 0) is 16.3 Å². The van der Waals surface area contributed by atoms with Gasteiger partial charge < -0.3 is 5.73 Å². The SMILES string of the molecule is Cc1ccccc1CC(CN)S(=O)(=O)c1ccccc1. The molecule has 2 rings (SSSR count). The molecular formula is C16H19NO2S. The first-order valence-electron chi connectivity index (χ1n) is 6.59. The van der Waals surface area contributed by atoms with Crippen molar-refractivity contribution in [3.8, 4) is 0 Å². The summed E-state index contributed by atoms with van der Waals surface area (Å²) in [4.78, 5) is 0.337. The molecule has 0 spiro atoms. The van der Waals surface area contributed by atoms with E-state index in [0.717, 1.165) is 11.1 Å². The third kappa shape index (κ3) is 3.08. The highest BCUT2D eigenvalue weighted by atomic mass is 32.2. The molecule has 0 aromatic heterocycles. The van der Waals surface area contributed by atoms with Crippen LogP contribution in [-0.4, -0.2) is 20.2 Å². The summed E-state index contributed by atoms with van der Waals surface area (Å²) in [6.45, 7) is 2.10. The zero-order valence-corrected chi connectivity index (χ0v) is 12.3. The Kier molecular flexibility index (Phi) is 4.57. The molecule has 4 heteroatoms. The van der Waals surface area contributed by atoms with Gasteiger partial charge in [-0.3, -0.25) is 0 Å². The predicted octanol–water partition coefficient (Wildman–Crippen LogP) is 2.34. The van der Waals surface area contributed by atoms with Gasteiger partial charge in [-0.1, -0.05) is 42.5 Å². The number of nitrogens with two attached hydrogens (primary N) is 1. The van der Waals surface area contributed by atoms with Gasteiger partial charge >= 0.3 is 0 Å². The lowest BCUT2D eigenvalue weighted by Crippen LogP contribution is -2.32. The Bertz CT molecular complexity index is 666. The Balaban J connectivity index is 2.32. The lowest BCUT2D eigenvalue weighted by Gasteiger charge is -2.17. The molecule has 0 fully saturated rings. The summed E-state index contributed by atoms with van der Waals surface area (Å²) in [5.41, 5.74) is 7.84. The van der Waals surface area contributed by atoms with Gasteiger partial charge in [0.2, 0.25) is 0 Å². The zero-order valence-electron chi connectivity index (χ0n) is 11.5. The first-order valence-corrected chi connectivity index (χ1v) is 8.14. The van der Waals surface area contributed by atoms with E-state index in [-0.39, 0.29) is 6.54 Å². The molecule has 2 aromatic rings. The van der Waals surface area contributed by atoms with Crippen molar-refractivity contribution in [3.63, 3.8) is 0 Å². The van der Waals surface area contributed by atoms with Crippen LogP contribution in [0.1, 0.15) is 11.1 Å². The molecule has 1 unspecified atom stereocenters. The van der Waals surface area contributed by atoms with Crippen molar-refractivity contribution in [1.82, 2.24) is 0 Å². The molecule has 0 aliphatic carbocycles. The van der Waals surface area contributed by atoms with Crippen molar-refractivity contribution in [2.75, 3.05) is 6.54 Å². The van der Waals surface area contributed by atoms with Crippen LogP contribution in [0.4, 0.5) is 0 Å². The molecule has 3 nitrogen and oxygen atoms in total. The van der Waals surface area contributed by atoms with Gasteiger partial charge in [0.15, 0.2) is 9.84 Å². The van der Waals surface area contributed by atoms with E-state index < -0.39 is 15.1 Å². The topological polar surface area (TPSA) is 60.2 Å². The van der Waals surface area contributed by atoms with Crippen LogP contribution in [0.15, 0.2) is 59.5 Å². The van der Waals surface area contributed by atoms with Crippen molar-refractivity contribution >= 4 is 9.84 Å². The highest BCUT2D eigenvalue weighted by Gasteiger charge is 2.26. The Hall–Kier alpha value is -1.65. The average molecular weight is 289 g/mol.